The molecule has 0 heterocycles. The number of halogens is 3. The summed E-state index contributed by atoms with van der Waals surface area (Å²) in [5, 5.41) is 3.87. The molecule has 0 saturated carbocycles. The third kappa shape index (κ3) is 5.76. The first kappa shape index (κ1) is 21.4. The van der Waals surface area contributed by atoms with Gasteiger partial charge in [0, 0.05) is 34.2 Å². The zero-order chi connectivity index (χ0) is 20.0. The van der Waals surface area contributed by atoms with Crippen LogP contribution >= 0.6 is 34.8 Å². The second-order valence-electron chi connectivity index (χ2n) is 5.76. The maximum Gasteiger partial charge on any atom is 0.261 e. The van der Waals surface area contributed by atoms with Crippen molar-refractivity contribution >= 4 is 46.6 Å². The lowest BCUT2D eigenvalue weighted by molar-refractivity contribution is -0.142. The molecule has 27 heavy (non-hydrogen) atoms. The minimum absolute atomic E-state index is 0.0742. The molecule has 144 valence electrons. The highest BCUT2D eigenvalue weighted by molar-refractivity contribution is 6.36. The summed E-state index contributed by atoms with van der Waals surface area (Å²) in [6, 6.07) is 11.1. The molecule has 0 aromatic heterocycles. The maximum atomic E-state index is 12.8. The zero-order valence-electron chi connectivity index (χ0n) is 14.8. The molecule has 0 aliphatic carbocycles. The van der Waals surface area contributed by atoms with Crippen molar-refractivity contribution in [3.05, 3.63) is 63.1 Å². The Balaban J connectivity index is 2.21. The number of carbonyl (C=O) groups is 2. The van der Waals surface area contributed by atoms with E-state index in [1.807, 2.05) is 0 Å². The Kier molecular flexibility index (Phi) is 7.78. The van der Waals surface area contributed by atoms with Gasteiger partial charge in [-0.25, -0.2) is 0 Å². The number of likely N-dealkylation sites (N-methyl/N-ethyl adjacent to an activating group) is 1. The van der Waals surface area contributed by atoms with Crippen molar-refractivity contribution in [3.63, 3.8) is 0 Å². The van der Waals surface area contributed by atoms with Crippen LogP contribution in [0, 0.1) is 0 Å². The molecule has 2 aromatic carbocycles. The Morgan fingerprint density at radius 1 is 1.11 bits per heavy atom. The fraction of sp³-hybridized carbons (Fsp3) is 0.263. The number of ether oxygens (including phenoxy) is 1. The van der Waals surface area contributed by atoms with Gasteiger partial charge in [0.1, 0.15) is 11.8 Å². The Morgan fingerprint density at radius 2 is 1.74 bits per heavy atom. The second-order valence-corrected chi connectivity index (χ2v) is 7.01. The van der Waals surface area contributed by atoms with Gasteiger partial charge in [0.2, 0.25) is 5.91 Å². The van der Waals surface area contributed by atoms with Crippen molar-refractivity contribution in [1.29, 1.82) is 0 Å². The van der Waals surface area contributed by atoms with Crippen molar-refractivity contribution in [2.75, 3.05) is 13.7 Å². The molecule has 1 atom stereocenters. The molecule has 1 N–H and O–H groups in total. The van der Waals surface area contributed by atoms with Gasteiger partial charge in [-0.3, -0.25) is 9.59 Å². The van der Waals surface area contributed by atoms with Crippen LogP contribution in [0.3, 0.4) is 0 Å². The van der Waals surface area contributed by atoms with Crippen molar-refractivity contribution in [1.82, 2.24) is 10.2 Å². The number of benzene rings is 2. The molecular weight excluding hydrogens is 411 g/mol. The third-order valence-corrected chi connectivity index (χ3v) is 4.91. The quantitative estimate of drug-likeness (QED) is 0.718. The van der Waals surface area contributed by atoms with Crippen LogP contribution in [-0.4, -0.2) is 36.4 Å². The Bertz CT molecular complexity index is 809. The summed E-state index contributed by atoms with van der Waals surface area (Å²) in [7, 11) is 1.51. The summed E-state index contributed by atoms with van der Waals surface area (Å²) in [5.41, 5.74) is 0.563. The van der Waals surface area contributed by atoms with Crippen LogP contribution in [0.2, 0.25) is 15.1 Å². The Morgan fingerprint density at radius 3 is 2.33 bits per heavy atom. The highest BCUT2D eigenvalue weighted by Gasteiger charge is 2.27. The van der Waals surface area contributed by atoms with Gasteiger partial charge in [0.15, 0.2) is 6.61 Å². The SMILES string of the molecule is CNC(=O)[C@H](C)N(Cc1c(Cl)cccc1Cl)C(=O)COc1cccc(Cl)c1. The second kappa shape index (κ2) is 9.83. The smallest absolute Gasteiger partial charge is 0.261 e. The number of nitrogens with zero attached hydrogens (tertiary/aromatic N) is 1. The normalized spacial score (nSPS) is 11.6. The van der Waals surface area contributed by atoms with Crippen LogP contribution in [0.15, 0.2) is 42.5 Å². The van der Waals surface area contributed by atoms with Crippen LogP contribution in [0.5, 0.6) is 5.75 Å². The Labute approximate surface area is 173 Å². The summed E-state index contributed by atoms with van der Waals surface area (Å²) < 4.78 is 5.52. The summed E-state index contributed by atoms with van der Waals surface area (Å²) in [6.45, 7) is 1.44. The molecule has 0 aliphatic heterocycles. The molecule has 0 aliphatic rings. The lowest BCUT2D eigenvalue weighted by Gasteiger charge is -2.29. The summed E-state index contributed by atoms with van der Waals surface area (Å²) in [5.74, 6) is -0.240. The predicted octanol–water partition coefficient (Wildman–Crippen LogP) is 4.19. The number of hydrogen-bond donors (Lipinski definition) is 1. The summed E-state index contributed by atoms with van der Waals surface area (Å²) >= 11 is 18.4. The van der Waals surface area contributed by atoms with Crippen molar-refractivity contribution in [2.24, 2.45) is 0 Å². The average molecular weight is 430 g/mol. The maximum absolute atomic E-state index is 12.8. The molecule has 0 radical (unpaired) electrons. The van der Waals surface area contributed by atoms with Crippen molar-refractivity contribution < 1.29 is 14.3 Å². The number of carbonyl (C=O) groups excluding carboxylic acids is 2. The highest BCUT2D eigenvalue weighted by Crippen LogP contribution is 2.26. The van der Waals surface area contributed by atoms with E-state index in [1.54, 1.807) is 49.4 Å². The first-order chi connectivity index (χ1) is 12.8. The fourth-order valence-electron chi connectivity index (χ4n) is 2.43. The van der Waals surface area contributed by atoms with Crippen LogP contribution in [0.25, 0.3) is 0 Å². The summed E-state index contributed by atoms with van der Waals surface area (Å²) in [4.78, 5) is 26.3. The van der Waals surface area contributed by atoms with Gasteiger partial charge < -0.3 is 15.0 Å². The topological polar surface area (TPSA) is 58.6 Å². The third-order valence-electron chi connectivity index (χ3n) is 3.96. The predicted molar refractivity (Wildman–Crippen MR) is 107 cm³/mol. The van der Waals surface area contributed by atoms with Gasteiger partial charge in [-0.1, -0.05) is 46.9 Å². The highest BCUT2D eigenvalue weighted by atomic mass is 35.5. The van der Waals surface area contributed by atoms with Crippen LogP contribution in [0.1, 0.15) is 12.5 Å². The first-order valence-corrected chi connectivity index (χ1v) is 9.29. The van der Waals surface area contributed by atoms with E-state index in [9.17, 15) is 9.59 Å². The van der Waals surface area contributed by atoms with Crippen molar-refractivity contribution in [3.8, 4) is 5.75 Å². The van der Waals surface area contributed by atoms with E-state index in [2.05, 4.69) is 5.32 Å². The van der Waals surface area contributed by atoms with Gasteiger partial charge in [-0.05, 0) is 37.3 Å². The van der Waals surface area contributed by atoms with E-state index >= 15 is 0 Å². The number of hydrogen-bond acceptors (Lipinski definition) is 3. The van der Waals surface area contributed by atoms with Crippen molar-refractivity contribution in [2.45, 2.75) is 19.5 Å². The van der Waals surface area contributed by atoms with Gasteiger partial charge in [-0.15, -0.1) is 0 Å². The van der Waals surface area contributed by atoms with Crippen LogP contribution in [0.4, 0.5) is 0 Å². The van der Waals surface area contributed by atoms with Gasteiger partial charge in [0.05, 0.1) is 0 Å². The molecule has 0 bridgehead atoms. The molecule has 8 heteroatoms. The summed E-state index contributed by atoms with van der Waals surface area (Å²) in [6.07, 6.45) is 0. The van der Waals surface area contributed by atoms with Gasteiger partial charge in [-0.2, -0.15) is 0 Å². The minimum Gasteiger partial charge on any atom is -0.484 e. The van der Waals surface area contributed by atoms with E-state index in [0.717, 1.165) is 0 Å². The average Bonchev–Trinajstić information content (AvgIpc) is 2.65. The van der Waals surface area contributed by atoms with Gasteiger partial charge in [0.25, 0.3) is 5.91 Å². The Hall–Kier alpha value is -1.95. The molecule has 2 rings (SSSR count). The molecule has 0 fully saturated rings. The zero-order valence-corrected chi connectivity index (χ0v) is 17.1. The molecule has 0 saturated heterocycles. The monoisotopic (exact) mass is 428 g/mol. The van der Waals surface area contributed by atoms with E-state index in [1.165, 1.54) is 11.9 Å². The van der Waals surface area contributed by atoms with Gasteiger partial charge >= 0.3 is 0 Å². The van der Waals surface area contributed by atoms with E-state index in [-0.39, 0.29) is 25.0 Å². The molecule has 5 nitrogen and oxygen atoms in total. The standard InChI is InChI=1S/C19H19Cl3N2O3/c1-12(19(26)23-2)24(10-15-16(21)7-4-8-17(15)22)18(25)11-27-14-6-3-5-13(20)9-14/h3-9,12H,10-11H2,1-2H3,(H,23,26)/t12-/m0/s1. The molecule has 2 amide bonds. The van der Waals surface area contributed by atoms with Crippen LogP contribution < -0.4 is 10.1 Å². The number of amides is 2. The molecule has 2 aromatic rings. The lowest BCUT2D eigenvalue weighted by Crippen LogP contribution is -2.48. The van der Waals surface area contributed by atoms with E-state index in [0.29, 0.717) is 26.4 Å². The largest absolute Gasteiger partial charge is 0.484 e. The van der Waals surface area contributed by atoms with E-state index in [4.69, 9.17) is 39.5 Å². The minimum atomic E-state index is -0.738. The first-order valence-electron chi connectivity index (χ1n) is 8.15. The molecule has 0 spiro atoms. The fourth-order valence-corrected chi connectivity index (χ4v) is 3.13. The molecule has 0 unspecified atom stereocenters. The number of nitrogens with one attached hydrogen (secondary N) is 1. The number of rotatable bonds is 7. The van der Waals surface area contributed by atoms with E-state index < -0.39 is 6.04 Å². The molecular formula is C19H19Cl3N2O3. The lowest BCUT2D eigenvalue weighted by atomic mass is 10.1. The van der Waals surface area contributed by atoms with Crippen LogP contribution in [-0.2, 0) is 16.1 Å².